The van der Waals surface area contributed by atoms with Gasteiger partial charge in [0, 0.05) is 0 Å². The minimum absolute atomic E-state index is 0.337. The zero-order valence-corrected chi connectivity index (χ0v) is 9.61. The summed E-state index contributed by atoms with van der Waals surface area (Å²) in [5.41, 5.74) is -0.703. The largest absolute Gasteiger partial charge is 0.459 e. The number of esters is 1. The van der Waals surface area contributed by atoms with Crippen LogP contribution in [0.25, 0.3) is 0 Å². The highest BCUT2D eigenvalue weighted by Gasteiger charge is 2.29. The van der Waals surface area contributed by atoms with E-state index in [1.165, 1.54) is 0 Å². The second-order valence-electron chi connectivity index (χ2n) is 3.88. The number of nitrogens with zero attached hydrogens (tertiary/aromatic N) is 1. The SMILES string of the molecule is CC(C)(C)OC(=O)C(/C=N\O)C(=O)CCl. The van der Waals surface area contributed by atoms with Crippen LogP contribution in [0.15, 0.2) is 5.16 Å². The van der Waals surface area contributed by atoms with Crippen molar-refractivity contribution < 1.29 is 19.5 Å². The quantitative estimate of drug-likeness (QED) is 0.198. The van der Waals surface area contributed by atoms with Gasteiger partial charge in [-0.3, -0.25) is 9.59 Å². The minimum Gasteiger partial charge on any atom is -0.459 e. The van der Waals surface area contributed by atoms with E-state index in [0.717, 1.165) is 6.21 Å². The molecule has 0 aromatic rings. The Balaban J connectivity index is 4.64. The number of oxime groups is 1. The van der Waals surface area contributed by atoms with Gasteiger partial charge in [-0.05, 0) is 20.8 Å². The fourth-order valence-electron chi connectivity index (χ4n) is 0.790. The van der Waals surface area contributed by atoms with Gasteiger partial charge in [-0.15, -0.1) is 16.8 Å². The second kappa shape index (κ2) is 5.70. The monoisotopic (exact) mass is 235 g/mol. The molecule has 0 saturated heterocycles. The van der Waals surface area contributed by atoms with Crippen LogP contribution < -0.4 is 0 Å². The highest BCUT2D eigenvalue weighted by molar-refractivity contribution is 6.31. The fourth-order valence-corrected chi connectivity index (χ4v) is 0.957. The van der Waals surface area contributed by atoms with E-state index in [4.69, 9.17) is 21.5 Å². The third kappa shape index (κ3) is 5.37. The third-order valence-electron chi connectivity index (χ3n) is 1.36. The number of ketones is 1. The van der Waals surface area contributed by atoms with E-state index >= 15 is 0 Å². The van der Waals surface area contributed by atoms with Gasteiger partial charge in [0.25, 0.3) is 0 Å². The Kier molecular flexibility index (Phi) is 5.28. The zero-order valence-electron chi connectivity index (χ0n) is 8.86. The van der Waals surface area contributed by atoms with E-state index in [9.17, 15) is 9.59 Å². The van der Waals surface area contributed by atoms with Crippen molar-refractivity contribution in [2.45, 2.75) is 26.4 Å². The van der Waals surface area contributed by atoms with Gasteiger partial charge in [0.05, 0.1) is 12.1 Å². The molecule has 15 heavy (non-hydrogen) atoms. The van der Waals surface area contributed by atoms with Gasteiger partial charge >= 0.3 is 5.97 Å². The summed E-state index contributed by atoms with van der Waals surface area (Å²) in [4.78, 5) is 22.6. The maximum absolute atomic E-state index is 11.4. The normalized spacial score (nSPS) is 13.9. The Labute approximate surface area is 93.0 Å². The van der Waals surface area contributed by atoms with Crippen molar-refractivity contribution in [3.63, 3.8) is 0 Å². The van der Waals surface area contributed by atoms with Gasteiger partial charge in [0.15, 0.2) is 11.7 Å². The van der Waals surface area contributed by atoms with Crippen molar-refractivity contribution in [2.75, 3.05) is 5.88 Å². The van der Waals surface area contributed by atoms with Crippen LogP contribution in [0.3, 0.4) is 0 Å². The van der Waals surface area contributed by atoms with Crippen LogP contribution in [0, 0.1) is 5.92 Å². The number of hydrogen-bond acceptors (Lipinski definition) is 5. The third-order valence-corrected chi connectivity index (χ3v) is 1.62. The summed E-state index contributed by atoms with van der Waals surface area (Å²) in [5.74, 6) is -2.92. The van der Waals surface area contributed by atoms with Gasteiger partial charge in [-0.25, -0.2) is 0 Å². The first-order chi connectivity index (χ1) is 6.81. The van der Waals surface area contributed by atoms with Crippen LogP contribution in [0.1, 0.15) is 20.8 Å². The molecule has 0 bridgehead atoms. The molecule has 0 rings (SSSR count). The van der Waals surface area contributed by atoms with E-state index in [1.54, 1.807) is 20.8 Å². The molecule has 0 amide bonds. The Morgan fingerprint density at radius 1 is 1.53 bits per heavy atom. The molecule has 0 saturated carbocycles. The van der Waals surface area contributed by atoms with Crippen molar-refractivity contribution in [3.8, 4) is 0 Å². The standard InChI is InChI=1S/C9H14ClNO4/c1-9(2,3)15-8(13)6(5-11-14)7(12)4-10/h5-6,14H,4H2,1-3H3/b11-5-. The number of halogens is 1. The molecule has 6 heteroatoms. The van der Waals surface area contributed by atoms with Crippen molar-refractivity contribution in [2.24, 2.45) is 11.1 Å². The molecule has 0 aromatic heterocycles. The summed E-state index contributed by atoms with van der Waals surface area (Å²) >= 11 is 5.30. The van der Waals surface area contributed by atoms with E-state index in [-0.39, 0.29) is 5.88 Å². The lowest BCUT2D eigenvalue weighted by molar-refractivity contribution is -0.158. The molecule has 0 radical (unpaired) electrons. The predicted molar refractivity (Wildman–Crippen MR) is 55.3 cm³/mol. The Hall–Kier alpha value is -1.10. The van der Waals surface area contributed by atoms with Crippen LogP contribution in [0.5, 0.6) is 0 Å². The second-order valence-corrected chi connectivity index (χ2v) is 4.14. The topological polar surface area (TPSA) is 76.0 Å². The molecule has 0 fully saturated rings. The highest BCUT2D eigenvalue weighted by Crippen LogP contribution is 2.11. The van der Waals surface area contributed by atoms with Crippen LogP contribution in [-0.4, -0.2) is 34.7 Å². The van der Waals surface area contributed by atoms with E-state index in [2.05, 4.69) is 5.16 Å². The number of alkyl halides is 1. The molecule has 0 aliphatic heterocycles. The number of Topliss-reactive ketones (excluding diaryl/α,β-unsaturated/α-hetero) is 1. The molecule has 0 heterocycles. The van der Waals surface area contributed by atoms with Crippen molar-refractivity contribution in [3.05, 3.63) is 0 Å². The number of ether oxygens (including phenoxy) is 1. The Morgan fingerprint density at radius 2 is 2.07 bits per heavy atom. The molecule has 0 spiro atoms. The van der Waals surface area contributed by atoms with Crippen LogP contribution in [0.2, 0.25) is 0 Å². The van der Waals surface area contributed by atoms with Gasteiger partial charge in [0.1, 0.15) is 5.60 Å². The first kappa shape index (κ1) is 13.9. The fraction of sp³-hybridized carbons (Fsp3) is 0.667. The predicted octanol–water partition coefficient (Wildman–Crippen LogP) is 1.21. The first-order valence-electron chi connectivity index (χ1n) is 4.31. The lowest BCUT2D eigenvalue weighted by Gasteiger charge is -2.21. The van der Waals surface area contributed by atoms with Crippen molar-refractivity contribution in [1.82, 2.24) is 0 Å². The van der Waals surface area contributed by atoms with Crippen LogP contribution in [0.4, 0.5) is 0 Å². The van der Waals surface area contributed by atoms with Crippen molar-refractivity contribution in [1.29, 1.82) is 0 Å². The first-order valence-corrected chi connectivity index (χ1v) is 4.84. The average molecular weight is 236 g/mol. The average Bonchev–Trinajstić information content (AvgIpc) is 2.10. The maximum atomic E-state index is 11.4. The summed E-state index contributed by atoms with van der Waals surface area (Å²) in [6.45, 7) is 5.01. The van der Waals surface area contributed by atoms with Gasteiger partial charge in [0.2, 0.25) is 0 Å². The molecule has 1 atom stereocenters. The lowest BCUT2D eigenvalue weighted by Crippen LogP contribution is -2.34. The molecular formula is C9H14ClNO4. The summed E-state index contributed by atoms with van der Waals surface area (Å²) in [6, 6.07) is 0. The molecule has 0 aromatic carbocycles. The van der Waals surface area contributed by atoms with Gasteiger partial charge in [-0.1, -0.05) is 0 Å². The zero-order chi connectivity index (χ0) is 12.1. The van der Waals surface area contributed by atoms with Crippen molar-refractivity contribution >= 4 is 29.6 Å². The molecule has 5 nitrogen and oxygen atoms in total. The summed E-state index contributed by atoms with van der Waals surface area (Å²) in [5, 5.41) is 10.9. The number of carbonyl (C=O) groups excluding carboxylic acids is 2. The van der Waals surface area contributed by atoms with E-state index in [0.29, 0.717) is 0 Å². The van der Waals surface area contributed by atoms with E-state index in [1.807, 2.05) is 0 Å². The molecule has 1 unspecified atom stereocenters. The smallest absolute Gasteiger partial charge is 0.322 e. The van der Waals surface area contributed by atoms with Crippen LogP contribution >= 0.6 is 11.6 Å². The highest BCUT2D eigenvalue weighted by atomic mass is 35.5. The van der Waals surface area contributed by atoms with Gasteiger partial charge in [-0.2, -0.15) is 0 Å². The maximum Gasteiger partial charge on any atom is 0.322 e. The Bertz CT molecular complexity index is 270. The lowest BCUT2D eigenvalue weighted by atomic mass is 10.1. The summed E-state index contributed by atoms with van der Waals surface area (Å²) in [6.07, 6.45) is 0.804. The Morgan fingerprint density at radius 3 is 2.40 bits per heavy atom. The summed E-state index contributed by atoms with van der Waals surface area (Å²) in [7, 11) is 0. The number of rotatable bonds is 4. The van der Waals surface area contributed by atoms with Crippen LogP contribution in [-0.2, 0) is 14.3 Å². The molecule has 1 N–H and O–H groups in total. The minimum atomic E-state index is -1.24. The molecular weight excluding hydrogens is 222 g/mol. The van der Waals surface area contributed by atoms with Gasteiger partial charge < -0.3 is 9.94 Å². The number of hydrogen-bond donors (Lipinski definition) is 1. The molecule has 0 aliphatic carbocycles. The molecule has 0 aliphatic rings. The number of carbonyl (C=O) groups is 2. The van der Waals surface area contributed by atoms with E-state index < -0.39 is 23.3 Å². The molecule has 86 valence electrons. The summed E-state index contributed by atoms with van der Waals surface area (Å²) < 4.78 is 4.95.